The number of para-hydroxylation sites is 2. The molecule has 0 fully saturated rings. The topological polar surface area (TPSA) is 23.6 Å². The third-order valence-electron chi connectivity index (χ3n) is 3.34. The molecule has 0 saturated heterocycles. The van der Waals surface area contributed by atoms with E-state index in [2.05, 4.69) is 15.9 Å². The average Bonchev–Trinajstić information content (AvgIpc) is 2.44. The standard InChI is InChI=1S/C15H13BrN2O/c1-17-13-4-2-3-5-14(13)18(10-15(17)19)12-8-6-11(16)7-9-12/h2-9H,10H2,1H3. The predicted molar refractivity (Wildman–Crippen MR) is 81.0 cm³/mol. The number of hydrogen-bond acceptors (Lipinski definition) is 2. The van der Waals surface area contributed by atoms with Gasteiger partial charge in [-0.1, -0.05) is 28.1 Å². The molecule has 3 nitrogen and oxygen atoms in total. The highest BCUT2D eigenvalue weighted by molar-refractivity contribution is 9.10. The van der Waals surface area contributed by atoms with Crippen molar-refractivity contribution in [2.75, 3.05) is 23.4 Å². The number of likely N-dealkylation sites (N-methyl/N-ethyl adjacent to an activating group) is 1. The molecule has 2 aromatic rings. The van der Waals surface area contributed by atoms with Gasteiger partial charge in [0, 0.05) is 17.2 Å². The van der Waals surface area contributed by atoms with E-state index in [1.807, 2.05) is 60.5 Å². The molecule has 1 aliphatic rings. The number of rotatable bonds is 1. The van der Waals surface area contributed by atoms with Crippen LogP contribution in [0.3, 0.4) is 0 Å². The number of anilines is 3. The SMILES string of the molecule is CN1C(=O)CN(c2ccc(Br)cc2)c2ccccc21. The third kappa shape index (κ3) is 2.12. The summed E-state index contributed by atoms with van der Waals surface area (Å²) in [4.78, 5) is 15.8. The molecule has 0 N–H and O–H groups in total. The van der Waals surface area contributed by atoms with Crippen molar-refractivity contribution in [1.29, 1.82) is 0 Å². The summed E-state index contributed by atoms with van der Waals surface area (Å²) in [5.74, 6) is 0.0987. The molecular weight excluding hydrogens is 304 g/mol. The third-order valence-corrected chi connectivity index (χ3v) is 3.87. The van der Waals surface area contributed by atoms with E-state index in [0.717, 1.165) is 21.5 Å². The number of benzene rings is 2. The van der Waals surface area contributed by atoms with Crippen LogP contribution in [0.2, 0.25) is 0 Å². The van der Waals surface area contributed by atoms with Crippen molar-refractivity contribution in [1.82, 2.24) is 0 Å². The van der Waals surface area contributed by atoms with E-state index in [4.69, 9.17) is 0 Å². The average molecular weight is 317 g/mol. The Morgan fingerprint density at radius 1 is 1.00 bits per heavy atom. The van der Waals surface area contributed by atoms with Gasteiger partial charge in [0.05, 0.1) is 11.4 Å². The lowest BCUT2D eigenvalue weighted by molar-refractivity contribution is -0.117. The van der Waals surface area contributed by atoms with Gasteiger partial charge < -0.3 is 9.80 Å². The molecule has 0 aromatic heterocycles. The van der Waals surface area contributed by atoms with Gasteiger partial charge in [-0.25, -0.2) is 0 Å². The Labute approximate surface area is 120 Å². The molecule has 96 valence electrons. The summed E-state index contributed by atoms with van der Waals surface area (Å²) in [6, 6.07) is 16.0. The smallest absolute Gasteiger partial charge is 0.246 e. The normalized spacial score (nSPS) is 14.5. The first kappa shape index (κ1) is 12.2. The predicted octanol–water partition coefficient (Wildman–Crippen LogP) is 3.56. The van der Waals surface area contributed by atoms with Crippen molar-refractivity contribution in [3.8, 4) is 0 Å². The molecule has 2 aromatic carbocycles. The van der Waals surface area contributed by atoms with Crippen LogP contribution in [0, 0.1) is 0 Å². The summed E-state index contributed by atoms with van der Waals surface area (Å²) in [5, 5.41) is 0. The van der Waals surface area contributed by atoms with Crippen molar-refractivity contribution in [2.24, 2.45) is 0 Å². The van der Waals surface area contributed by atoms with E-state index in [9.17, 15) is 4.79 Å². The van der Waals surface area contributed by atoms with Gasteiger partial charge in [-0.15, -0.1) is 0 Å². The highest BCUT2D eigenvalue weighted by Gasteiger charge is 2.26. The first-order valence-electron chi connectivity index (χ1n) is 6.05. The molecule has 0 saturated carbocycles. The Hall–Kier alpha value is -1.81. The van der Waals surface area contributed by atoms with Crippen LogP contribution in [0.1, 0.15) is 0 Å². The fourth-order valence-electron chi connectivity index (χ4n) is 2.29. The van der Waals surface area contributed by atoms with Crippen LogP contribution in [0.15, 0.2) is 53.0 Å². The lowest BCUT2D eigenvalue weighted by Gasteiger charge is -2.35. The number of fused-ring (bicyclic) bond motifs is 1. The number of carbonyl (C=O) groups excluding carboxylic acids is 1. The van der Waals surface area contributed by atoms with E-state index in [0.29, 0.717) is 6.54 Å². The number of carbonyl (C=O) groups is 1. The summed E-state index contributed by atoms with van der Waals surface area (Å²) >= 11 is 3.43. The zero-order valence-electron chi connectivity index (χ0n) is 10.5. The van der Waals surface area contributed by atoms with Crippen molar-refractivity contribution >= 4 is 38.9 Å². The molecule has 0 atom stereocenters. The molecule has 0 unspecified atom stereocenters. The second-order valence-corrected chi connectivity index (χ2v) is 5.42. The van der Waals surface area contributed by atoms with Gasteiger partial charge in [0.25, 0.3) is 0 Å². The largest absolute Gasteiger partial charge is 0.330 e. The van der Waals surface area contributed by atoms with E-state index in [-0.39, 0.29) is 5.91 Å². The molecule has 0 radical (unpaired) electrons. The van der Waals surface area contributed by atoms with Gasteiger partial charge >= 0.3 is 0 Å². The molecule has 1 heterocycles. The van der Waals surface area contributed by atoms with Crippen LogP contribution in [-0.2, 0) is 4.79 Å². The number of nitrogens with zero attached hydrogens (tertiary/aromatic N) is 2. The molecule has 0 aliphatic carbocycles. The highest BCUT2D eigenvalue weighted by atomic mass is 79.9. The Morgan fingerprint density at radius 3 is 2.32 bits per heavy atom. The molecule has 3 rings (SSSR count). The molecular formula is C15H13BrN2O. The summed E-state index contributed by atoms with van der Waals surface area (Å²) in [5.41, 5.74) is 3.03. The van der Waals surface area contributed by atoms with Gasteiger partial charge in [0.2, 0.25) is 5.91 Å². The number of hydrogen-bond donors (Lipinski definition) is 0. The Morgan fingerprint density at radius 2 is 1.63 bits per heavy atom. The Kier molecular flexibility index (Phi) is 3.03. The number of amides is 1. The number of halogens is 1. The molecule has 4 heteroatoms. The van der Waals surface area contributed by atoms with Crippen LogP contribution in [0.5, 0.6) is 0 Å². The molecule has 0 bridgehead atoms. The second-order valence-electron chi connectivity index (χ2n) is 4.50. The van der Waals surface area contributed by atoms with E-state index < -0.39 is 0 Å². The minimum atomic E-state index is 0.0987. The first-order chi connectivity index (χ1) is 9.16. The molecule has 1 aliphatic heterocycles. The lowest BCUT2D eigenvalue weighted by atomic mass is 10.1. The lowest BCUT2D eigenvalue weighted by Crippen LogP contribution is -2.41. The zero-order chi connectivity index (χ0) is 13.4. The molecule has 0 spiro atoms. The van der Waals surface area contributed by atoms with Gasteiger partial charge in [-0.2, -0.15) is 0 Å². The van der Waals surface area contributed by atoms with Crippen LogP contribution in [-0.4, -0.2) is 19.5 Å². The van der Waals surface area contributed by atoms with E-state index in [1.54, 1.807) is 4.90 Å². The maximum atomic E-state index is 12.1. The van der Waals surface area contributed by atoms with E-state index in [1.165, 1.54) is 0 Å². The fraction of sp³-hybridized carbons (Fsp3) is 0.133. The van der Waals surface area contributed by atoms with Crippen molar-refractivity contribution < 1.29 is 4.79 Å². The summed E-state index contributed by atoms with van der Waals surface area (Å²) in [6.45, 7) is 0.370. The summed E-state index contributed by atoms with van der Waals surface area (Å²) in [7, 11) is 1.82. The zero-order valence-corrected chi connectivity index (χ0v) is 12.1. The Bertz CT molecular complexity index is 624. The van der Waals surface area contributed by atoms with Crippen LogP contribution >= 0.6 is 15.9 Å². The minimum Gasteiger partial charge on any atom is -0.330 e. The van der Waals surface area contributed by atoms with Crippen LogP contribution in [0.4, 0.5) is 17.1 Å². The first-order valence-corrected chi connectivity index (χ1v) is 6.85. The maximum Gasteiger partial charge on any atom is 0.246 e. The van der Waals surface area contributed by atoms with Gasteiger partial charge in [0.15, 0.2) is 0 Å². The van der Waals surface area contributed by atoms with Gasteiger partial charge in [0.1, 0.15) is 6.54 Å². The van der Waals surface area contributed by atoms with Gasteiger partial charge in [-0.3, -0.25) is 4.79 Å². The van der Waals surface area contributed by atoms with E-state index >= 15 is 0 Å². The Balaban J connectivity index is 2.10. The maximum absolute atomic E-state index is 12.1. The fourth-order valence-corrected chi connectivity index (χ4v) is 2.55. The van der Waals surface area contributed by atoms with Crippen LogP contribution in [0.25, 0.3) is 0 Å². The van der Waals surface area contributed by atoms with Crippen molar-refractivity contribution in [2.45, 2.75) is 0 Å². The summed E-state index contributed by atoms with van der Waals surface area (Å²) in [6.07, 6.45) is 0. The quantitative estimate of drug-likeness (QED) is 0.803. The molecule has 1 amide bonds. The molecule has 19 heavy (non-hydrogen) atoms. The highest BCUT2D eigenvalue weighted by Crippen LogP contribution is 2.37. The van der Waals surface area contributed by atoms with Crippen LogP contribution < -0.4 is 9.80 Å². The summed E-state index contributed by atoms with van der Waals surface area (Å²) < 4.78 is 1.03. The van der Waals surface area contributed by atoms with Crippen molar-refractivity contribution in [3.05, 3.63) is 53.0 Å². The minimum absolute atomic E-state index is 0.0987. The monoisotopic (exact) mass is 316 g/mol. The second kappa shape index (κ2) is 4.70. The van der Waals surface area contributed by atoms with Gasteiger partial charge in [-0.05, 0) is 36.4 Å². The van der Waals surface area contributed by atoms with Crippen molar-refractivity contribution in [3.63, 3.8) is 0 Å².